The highest BCUT2D eigenvalue weighted by Gasteiger charge is 2.52. The average Bonchev–Trinajstić information content (AvgIpc) is 2.95. The van der Waals surface area contributed by atoms with Crippen molar-refractivity contribution in [1.29, 1.82) is 0 Å². The van der Waals surface area contributed by atoms with Gasteiger partial charge in [0.2, 0.25) is 0 Å². The van der Waals surface area contributed by atoms with Crippen molar-refractivity contribution in [2.24, 2.45) is 5.41 Å². The zero-order valence-corrected chi connectivity index (χ0v) is 15.4. The van der Waals surface area contributed by atoms with E-state index in [1.54, 1.807) is 0 Å². The molecule has 0 unspecified atom stereocenters. The monoisotopic (exact) mass is 348 g/mol. The van der Waals surface area contributed by atoms with E-state index in [1.807, 2.05) is 29.7 Å². The molecule has 3 rings (SSSR count). The first kappa shape index (κ1) is 17.9. The fraction of sp³-hybridized carbons (Fsp3) is 0.722. The number of carbonyl (C=O) groups excluding carboxylic acids is 1. The van der Waals surface area contributed by atoms with Gasteiger partial charge in [-0.15, -0.1) is 0 Å². The fourth-order valence-corrected chi connectivity index (χ4v) is 4.41. The standard InChI is InChI=1S/C18H28N4O3/c1-4-8-22-11-14(13(2)19-22)16(23)21-10-7-18(17(24)25)6-5-9-20(3)15(18)12-21/h11,15H,4-10,12H2,1-3H3,(H,24,25)/t15-,18+/m1/s1. The minimum atomic E-state index is -0.719. The maximum atomic E-state index is 13.0. The van der Waals surface area contributed by atoms with E-state index in [9.17, 15) is 14.7 Å². The smallest absolute Gasteiger partial charge is 0.311 e. The molecule has 2 fully saturated rings. The third-order valence-corrected chi connectivity index (χ3v) is 5.87. The number of amides is 1. The highest BCUT2D eigenvalue weighted by Crippen LogP contribution is 2.42. The number of likely N-dealkylation sites (N-methyl/N-ethyl adjacent to an activating group) is 1. The summed E-state index contributed by atoms with van der Waals surface area (Å²) in [5, 5.41) is 14.3. The van der Waals surface area contributed by atoms with Gasteiger partial charge in [0, 0.05) is 31.9 Å². The van der Waals surface area contributed by atoms with Gasteiger partial charge >= 0.3 is 5.97 Å². The van der Waals surface area contributed by atoms with Gasteiger partial charge in [-0.05, 0) is 46.2 Å². The Morgan fingerprint density at radius 1 is 1.36 bits per heavy atom. The lowest BCUT2D eigenvalue weighted by Gasteiger charge is -2.51. The minimum Gasteiger partial charge on any atom is -0.481 e. The van der Waals surface area contributed by atoms with Gasteiger partial charge < -0.3 is 14.9 Å². The predicted molar refractivity (Wildman–Crippen MR) is 93.5 cm³/mol. The number of carboxylic acid groups (broad SMARTS) is 1. The molecule has 7 nitrogen and oxygen atoms in total. The Hall–Kier alpha value is -1.89. The van der Waals surface area contributed by atoms with Crippen LogP contribution in [0.1, 0.15) is 48.7 Å². The van der Waals surface area contributed by atoms with Gasteiger partial charge in [0.15, 0.2) is 0 Å². The third-order valence-electron chi connectivity index (χ3n) is 5.87. The number of hydrogen-bond donors (Lipinski definition) is 1. The van der Waals surface area contributed by atoms with Crippen LogP contribution < -0.4 is 0 Å². The van der Waals surface area contributed by atoms with Crippen LogP contribution in [0, 0.1) is 12.3 Å². The molecule has 2 aliphatic heterocycles. The zero-order valence-electron chi connectivity index (χ0n) is 15.4. The summed E-state index contributed by atoms with van der Waals surface area (Å²) in [4.78, 5) is 28.9. The lowest BCUT2D eigenvalue weighted by molar-refractivity contribution is -0.161. The van der Waals surface area contributed by atoms with Crippen molar-refractivity contribution >= 4 is 11.9 Å². The lowest BCUT2D eigenvalue weighted by atomic mass is 9.68. The summed E-state index contributed by atoms with van der Waals surface area (Å²) in [6.07, 6.45) is 4.91. The molecule has 1 amide bonds. The molecule has 2 aliphatic rings. The number of piperidine rings is 2. The van der Waals surface area contributed by atoms with E-state index >= 15 is 0 Å². The maximum Gasteiger partial charge on any atom is 0.311 e. The zero-order chi connectivity index (χ0) is 18.2. The highest BCUT2D eigenvalue weighted by molar-refractivity contribution is 5.95. The quantitative estimate of drug-likeness (QED) is 0.894. The topological polar surface area (TPSA) is 78.7 Å². The largest absolute Gasteiger partial charge is 0.481 e. The Morgan fingerprint density at radius 2 is 2.12 bits per heavy atom. The molecule has 2 atom stereocenters. The van der Waals surface area contributed by atoms with Crippen LogP contribution in [0.25, 0.3) is 0 Å². The summed E-state index contributed by atoms with van der Waals surface area (Å²) in [5.41, 5.74) is 0.658. The average molecular weight is 348 g/mol. The second-order valence-electron chi connectivity index (χ2n) is 7.45. The van der Waals surface area contributed by atoms with Crippen LogP contribution in [0.4, 0.5) is 0 Å². The number of carbonyl (C=O) groups is 2. The van der Waals surface area contributed by atoms with E-state index < -0.39 is 11.4 Å². The van der Waals surface area contributed by atoms with Gasteiger partial charge in [-0.3, -0.25) is 14.3 Å². The third kappa shape index (κ3) is 3.05. The van der Waals surface area contributed by atoms with Crippen LogP contribution in [-0.2, 0) is 11.3 Å². The van der Waals surface area contributed by atoms with Crippen molar-refractivity contribution < 1.29 is 14.7 Å². The highest BCUT2D eigenvalue weighted by atomic mass is 16.4. The summed E-state index contributed by atoms with van der Waals surface area (Å²) < 4.78 is 1.82. The molecule has 0 saturated carbocycles. The number of carboxylic acids is 1. The Kier molecular flexibility index (Phi) is 4.86. The van der Waals surface area contributed by atoms with Gasteiger partial charge in [0.1, 0.15) is 0 Å². The van der Waals surface area contributed by atoms with Crippen LogP contribution in [0.3, 0.4) is 0 Å². The molecular formula is C18H28N4O3. The van der Waals surface area contributed by atoms with Crippen molar-refractivity contribution in [2.75, 3.05) is 26.7 Å². The van der Waals surface area contributed by atoms with Crippen LogP contribution in [0.5, 0.6) is 0 Å². The van der Waals surface area contributed by atoms with E-state index in [0.717, 1.165) is 31.6 Å². The molecule has 25 heavy (non-hydrogen) atoms. The summed E-state index contributed by atoms with van der Waals surface area (Å²) in [7, 11) is 1.97. The minimum absolute atomic E-state index is 0.0298. The number of likely N-dealkylation sites (tertiary alicyclic amines) is 2. The summed E-state index contributed by atoms with van der Waals surface area (Å²) in [5.74, 6) is -0.749. The SMILES string of the molecule is CCCn1cc(C(=O)N2CC[C@@]3(C(=O)O)CCCN(C)[C@@H]3C2)c(C)n1. The predicted octanol–water partition coefficient (Wildman–Crippen LogP) is 1.61. The van der Waals surface area contributed by atoms with E-state index in [2.05, 4.69) is 16.9 Å². The molecule has 1 aromatic heterocycles. The lowest BCUT2D eigenvalue weighted by Crippen LogP contribution is -2.63. The number of aryl methyl sites for hydroxylation is 2. The second kappa shape index (κ2) is 6.78. The van der Waals surface area contributed by atoms with Crippen molar-refractivity contribution in [1.82, 2.24) is 19.6 Å². The summed E-state index contributed by atoms with van der Waals surface area (Å²) >= 11 is 0. The summed E-state index contributed by atoms with van der Waals surface area (Å²) in [6.45, 7) is 6.58. The molecule has 1 N–H and O–H groups in total. The summed E-state index contributed by atoms with van der Waals surface area (Å²) in [6, 6.07) is -0.123. The second-order valence-corrected chi connectivity index (χ2v) is 7.45. The molecule has 0 bridgehead atoms. The molecule has 0 spiro atoms. The molecular weight excluding hydrogens is 320 g/mol. The number of aliphatic carboxylic acids is 1. The van der Waals surface area contributed by atoms with Crippen molar-refractivity contribution in [3.8, 4) is 0 Å². The molecule has 0 aliphatic carbocycles. The van der Waals surface area contributed by atoms with Crippen LogP contribution in [-0.4, -0.2) is 69.3 Å². The number of rotatable bonds is 4. The van der Waals surface area contributed by atoms with Gasteiger partial charge in [0.25, 0.3) is 5.91 Å². The number of hydrogen-bond acceptors (Lipinski definition) is 4. The van der Waals surface area contributed by atoms with Crippen molar-refractivity contribution in [3.05, 3.63) is 17.5 Å². The molecule has 0 radical (unpaired) electrons. The van der Waals surface area contributed by atoms with Crippen molar-refractivity contribution in [3.63, 3.8) is 0 Å². The fourth-order valence-electron chi connectivity index (χ4n) is 4.41. The van der Waals surface area contributed by atoms with Crippen molar-refractivity contribution in [2.45, 2.75) is 52.1 Å². The molecule has 1 aromatic rings. The number of fused-ring (bicyclic) bond motifs is 1. The molecule has 0 aromatic carbocycles. The Balaban J connectivity index is 1.81. The molecule has 7 heteroatoms. The van der Waals surface area contributed by atoms with Crippen LogP contribution in [0.15, 0.2) is 6.20 Å². The number of aromatic nitrogens is 2. The molecule has 2 saturated heterocycles. The first-order valence-corrected chi connectivity index (χ1v) is 9.16. The van der Waals surface area contributed by atoms with E-state index in [0.29, 0.717) is 31.5 Å². The Morgan fingerprint density at radius 3 is 2.80 bits per heavy atom. The van der Waals surface area contributed by atoms with Gasteiger partial charge in [-0.1, -0.05) is 6.92 Å². The maximum absolute atomic E-state index is 13.0. The van der Waals surface area contributed by atoms with E-state index in [-0.39, 0.29) is 11.9 Å². The molecule has 138 valence electrons. The van der Waals surface area contributed by atoms with Gasteiger partial charge in [0.05, 0.1) is 16.7 Å². The van der Waals surface area contributed by atoms with E-state index in [4.69, 9.17) is 0 Å². The van der Waals surface area contributed by atoms with Gasteiger partial charge in [-0.25, -0.2) is 0 Å². The van der Waals surface area contributed by atoms with Crippen LogP contribution in [0.2, 0.25) is 0 Å². The first-order valence-electron chi connectivity index (χ1n) is 9.16. The van der Waals surface area contributed by atoms with Crippen LogP contribution >= 0.6 is 0 Å². The normalized spacial score (nSPS) is 27.2. The first-order chi connectivity index (χ1) is 11.9. The number of nitrogens with zero attached hydrogens (tertiary/aromatic N) is 4. The Bertz CT molecular complexity index is 671. The van der Waals surface area contributed by atoms with Gasteiger partial charge in [-0.2, -0.15) is 5.10 Å². The Labute approximate surface area is 148 Å². The molecule has 3 heterocycles. The van der Waals surface area contributed by atoms with E-state index in [1.165, 1.54) is 0 Å².